The Hall–Kier alpha value is -3.13. The third-order valence-corrected chi connectivity index (χ3v) is 4.75. The van der Waals surface area contributed by atoms with Crippen LogP contribution in [0.3, 0.4) is 0 Å². The van der Waals surface area contributed by atoms with Crippen molar-refractivity contribution in [2.45, 2.75) is 26.8 Å². The second-order valence-electron chi connectivity index (χ2n) is 6.50. The van der Waals surface area contributed by atoms with Crippen molar-refractivity contribution in [3.05, 3.63) is 59.1 Å². The molecule has 1 N–H and O–H groups in total. The molecule has 0 radical (unpaired) electrons. The predicted octanol–water partition coefficient (Wildman–Crippen LogP) is 5.28. The fourth-order valence-electron chi connectivity index (χ4n) is 3.12. The summed E-state index contributed by atoms with van der Waals surface area (Å²) < 4.78 is 29.4. The van der Waals surface area contributed by atoms with Gasteiger partial charge in [0, 0.05) is 24.5 Å². The summed E-state index contributed by atoms with van der Waals surface area (Å²) in [6, 6.07) is 4.29. The molecule has 0 bridgehead atoms. The van der Waals surface area contributed by atoms with Crippen LogP contribution in [0.4, 0.5) is 20.3 Å². The summed E-state index contributed by atoms with van der Waals surface area (Å²) in [5, 5.41) is 7.99. The summed E-state index contributed by atoms with van der Waals surface area (Å²) in [4.78, 5) is 12.8. The molecule has 0 atom stereocenters. The standard InChI is InChI=1S/C20H17ClF2N6/c1-3-8-29-16(6-7-25-29)17-12(21)9-24-10-15(17)28-20-11(2)26-19-14(27-20)5-4-13(22)18(19)23/h4-7,9-10H,3,8H2,1-2H3,(H,27,28). The minimum atomic E-state index is -1.02. The first-order chi connectivity index (χ1) is 14.0. The number of pyridine rings is 1. The molecule has 0 saturated carbocycles. The Bertz CT molecular complexity index is 1210. The number of rotatable bonds is 5. The average Bonchev–Trinajstić information content (AvgIpc) is 3.14. The molecular formula is C20H17ClF2N6. The molecule has 29 heavy (non-hydrogen) atoms. The topological polar surface area (TPSA) is 68.5 Å². The van der Waals surface area contributed by atoms with Gasteiger partial charge in [-0.25, -0.2) is 18.7 Å². The van der Waals surface area contributed by atoms with Gasteiger partial charge in [0.15, 0.2) is 17.5 Å². The molecule has 0 aliphatic heterocycles. The fourth-order valence-corrected chi connectivity index (χ4v) is 3.37. The van der Waals surface area contributed by atoms with Gasteiger partial charge in [-0.3, -0.25) is 9.67 Å². The smallest absolute Gasteiger partial charge is 0.186 e. The maximum Gasteiger partial charge on any atom is 0.186 e. The average molecular weight is 415 g/mol. The van der Waals surface area contributed by atoms with E-state index < -0.39 is 11.6 Å². The third-order valence-electron chi connectivity index (χ3n) is 4.46. The van der Waals surface area contributed by atoms with Crippen molar-refractivity contribution >= 4 is 34.1 Å². The van der Waals surface area contributed by atoms with Gasteiger partial charge in [-0.1, -0.05) is 18.5 Å². The van der Waals surface area contributed by atoms with Gasteiger partial charge in [0.25, 0.3) is 0 Å². The molecule has 3 aromatic heterocycles. The van der Waals surface area contributed by atoms with E-state index in [0.29, 0.717) is 22.2 Å². The number of anilines is 2. The zero-order valence-electron chi connectivity index (χ0n) is 15.7. The molecule has 0 unspecified atom stereocenters. The van der Waals surface area contributed by atoms with Crippen molar-refractivity contribution in [2.24, 2.45) is 0 Å². The Morgan fingerprint density at radius 1 is 1.14 bits per heavy atom. The predicted molar refractivity (Wildman–Crippen MR) is 108 cm³/mol. The third kappa shape index (κ3) is 3.51. The van der Waals surface area contributed by atoms with E-state index in [1.165, 1.54) is 6.07 Å². The number of hydrogen-bond donors (Lipinski definition) is 1. The van der Waals surface area contributed by atoms with E-state index in [-0.39, 0.29) is 11.0 Å². The number of nitrogens with zero attached hydrogens (tertiary/aromatic N) is 5. The van der Waals surface area contributed by atoms with Crippen LogP contribution < -0.4 is 5.32 Å². The number of nitrogens with one attached hydrogen (secondary N) is 1. The number of hydrogen-bond acceptors (Lipinski definition) is 5. The lowest BCUT2D eigenvalue weighted by atomic mass is 10.1. The Balaban J connectivity index is 1.81. The first-order valence-electron chi connectivity index (χ1n) is 9.04. The zero-order chi connectivity index (χ0) is 20.5. The van der Waals surface area contributed by atoms with E-state index in [1.807, 2.05) is 10.7 Å². The zero-order valence-corrected chi connectivity index (χ0v) is 16.5. The second kappa shape index (κ2) is 7.71. The molecule has 0 aliphatic carbocycles. The van der Waals surface area contributed by atoms with Crippen LogP contribution in [0.2, 0.25) is 5.02 Å². The van der Waals surface area contributed by atoms with Crippen molar-refractivity contribution < 1.29 is 8.78 Å². The molecule has 0 spiro atoms. The largest absolute Gasteiger partial charge is 0.337 e. The van der Waals surface area contributed by atoms with Crippen LogP contribution in [-0.2, 0) is 6.54 Å². The molecule has 1 aromatic carbocycles. The van der Waals surface area contributed by atoms with Gasteiger partial charge in [-0.05, 0) is 31.5 Å². The van der Waals surface area contributed by atoms with Crippen molar-refractivity contribution in [1.82, 2.24) is 24.7 Å². The molecule has 6 nitrogen and oxygen atoms in total. The fraction of sp³-hybridized carbons (Fsp3) is 0.200. The quantitative estimate of drug-likeness (QED) is 0.481. The van der Waals surface area contributed by atoms with Crippen molar-refractivity contribution in [2.75, 3.05) is 5.32 Å². The summed E-state index contributed by atoms with van der Waals surface area (Å²) in [6.07, 6.45) is 5.81. The summed E-state index contributed by atoms with van der Waals surface area (Å²) in [5.41, 5.74) is 2.70. The number of benzene rings is 1. The minimum absolute atomic E-state index is 0.112. The molecule has 0 fully saturated rings. The van der Waals surface area contributed by atoms with Gasteiger partial charge in [0.05, 0.1) is 33.8 Å². The number of halogens is 3. The van der Waals surface area contributed by atoms with Crippen molar-refractivity contribution in [1.29, 1.82) is 0 Å². The monoisotopic (exact) mass is 414 g/mol. The first kappa shape index (κ1) is 19.2. The van der Waals surface area contributed by atoms with E-state index in [9.17, 15) is 8.78 Å². The lowest BCUT2D eigenvalue weighted by molar-refractivity contribution is 0.515. The van der Waals surface area contributed by atoms with Crippen LogP contribution in [0, 0.1) is 18.6 Å². The SMILES string of the molecule is CCCn1nccc1-c1c(Cl)cncc1Nc1nc2ccc(F)c(F)c2nc1C. The summed E-state index contributed by atoms with van der Waals surface area (Å²) in [6.45, 7) is 4.47. The highest BCUT2D eigenvalue weighted by Crippen LogP contribution is 2.36. The van der Waals surface area contributed by atoms with E-state index in [1.54, 1.807) is 25.5 Å². The normalized spacial score (nSPS) is 11.2. The van der Waals surface area contributed by atoms with Gasteiger partial charge in [-0.2, -0.15) is 5.10 Å². The van der Waals surface area contributed by atoms with Crippen LogP contribution in [0.5, 0.6) is 0 Å². The molecule has 0 amide bonds. The van der Waals surface area contributed by atoms with Crippen molar-refractivity contribution in [3.8, 4) is 11.3 Å². The molecule has 0 saturated heterocycles. The van der Waals surface area contributed by atoms with Gasteiger partial charge < -0.3 is 5.32 Å². The van der Waals surface area contributed by atoms with Crippen LogP contribution in [0.15, 0.2) is 36.8 Å². The minimum Gasteiger partial charge on any atom is -0.337 e. The Morgan fingerprint density at radius 3 is 2.76 bits per heavy atom. The highest BCUT2D eigenvalue weighted by Gasteiger charge is 2.17. The van der Waals surface area contributed by atoms with Crippen LogP contribution in [-0.4, -0.2) is 24.7 Å². The van der Waals surface area contributed by atoms with E-state index >= 15 is 0 Å². The van der Waals surface area contributed by atoms with Crippen LogP contribution >= 0.6 is 11.6 Å². The lowest BCUT2D eigenvalue weighted by Crippen LogP contribution is -2.06. The van der Waals surface area contributed by atoms with Crippen LogP contribution in [0.25, 0.3) is 22.3 Å². The molecule has 4 rings (SSSR count). The Morgan fingerprint density at radius 2 is 1.97 bits per heavy atom. The molecule has 4 aromatic rings. The summed E-state index contributed by atoms with van der Waals surface area (Å²) in [5.74, 6) is -1.58. The molecule has 3 heterocycles. The van der Waals surface area contributed by atoms with Gasteiger partial charge >= 0.3 is 0 Å². The maximum absolute atomic E-state index is 14.0. The second-order valence-corrected chi connectivity index (χ2v) is 6.90. The Kier molecular flexibility index (Phi) is 5.10. The molecule has 148 valence electrons. The highest BCUT2D eigenvalue weighted by atomic mass is 35.5. The van der Waals surface area contributed by atoms with Crippen molar-refractivity contribution in [3.63, 3.8) is 0 Å². The summed E-state index contributed by atoms with van der Waals surface area (Å²) in [7, 11) is 0. The summed E-state index contributed by atoms with van der Waals surface area (Å²) >= 11 is 6.46. The van der Waals surface area contributed by atoms with Gasteiger partial charge in [0.2, 0.25) is 0 Å². The number of aryl methyl sites for hydroxylation is 2. The van der Waals surface area contributed by atoms with Crippen LogP contribution in [0.1, 0.15) is 19.0 Å². The maximum atomic E-state index is 14.0. The van der Waals surface area contributed by atoms with E-state index in [4.69, 9.17) is 11.6 Å². The number of fused-ring (bicyclic) bond motifs is 1. The highest BCUT2D eigenvalue weighted by molar-refractivity contribution is 6.33. The molecular weight excluding hydrogens is 398 g/mol. The Labute approximate surface area is 170 Å². The number of aromatic nitrogens is 5. The van der Waals surface area contributed by atoms with E-state index in [0.717, 1.165) is 30.3 Å². The van der Waals surface area contributed by atoms with Gasteiger partial charge in [0.1, 0.15) is 5.52 Å². The molecule has 0 aliphatic rings. The first-order valence-corrected chi connectivity index (χ1v) is 9.42. The molecule has 9 heteroatoms. The lowest BCUT2D eigenvalue weighted by Gasteiger charge is -2.15. The van der Waals surface area contributed by atoms with Gasteiger partial charge in [-0.15, -0.1) is 0 Å². The van der Waals surface area contributed by atoms with E-state index in [2.05, 4.69) is 32.3 Å².